The molecule has 6 heteroatoms. The molecule has 0 radical (unpaired) electrons. The van der Waals surface area contributed by atoms with E-state index in [1.165, 1.54) is 0 Å². The maximum Gasteiger partial charge on any atom is 0.261 e. The fraction of sp³-hybridized carbons (Fsp3) is 0.318. The van der Waals surface area contributed by atoms with Gasteiger partial charge in [-0.1, -0.05) is 37.6 Å². The molecule has 0 aliphatic carbocycles. The van der Waals surface area contributed by atoms with E-state index in [0.717, 1.165) is 30.8 Å². The van der Waals surface area contributed by atoms with E-state index in [0.29, 0.717) is 21.5 Å². The molecule has 0 saturated heterocycles. The number of fused-ring (bicyclic) bond motifs is 2. The zero-order valence-electron chi connectivity index (χ0n) is 15.9. The van der Waals surface area contributed by atoms with Crippen LogP contribution >= 0.6 is 11.6 Å². The first kappa shape index (κ1) is 18.7. The van der Waals surface area contributed by atoms with Crippen LogP contribution in [0, 0.1) is 5.92 Å². The minimum atomic E-state index is -0.182. The van der Waals surface area contributed by atoms with Crippen LogP contribution < -0.4 is 10.9 Å². The number of rotatable bonds is 4. The molecule has 1 aliphatic heterocycles. The molecular weight excluding hydrogens is 374 g/mol. The monoisotopic (exact) mass is 395 g/mol. The van der Waals surface area contributed by atoms with E-state index in [1.807, 2.05) is 24.3 Å². The summed E-state index contributed by atoms with van der Waals surface area (Å²) >= 11 is 5.98. The lowest BCUT2D eigenvalue weighted by atomic mass is 9.95. The third kappa shape index (κ3) is 3.42. The Morgan fingerprint density at radius 3 is 2.64 bits per heavy atom. The number of nitrogens with zero attached hydrogens (tertiary/aromatic N) is 2. The molecule has 1 aromatic heterocycles. The van der Waals surface area contributed by atoms with Crippen LogP contribution in [0.25, 0.3) is 10.9 Å². The molecule has 5 nitrogen and oxygen atoms in total. The molecular formula is C22H22ClN3O2. The first-order valence-electron chi connectivity index (χ1n) is 9.54. The van der Waals surface area contributed by atoms with Crippen molar-refractivity contribution in [2.75, 3.05) is 0 Å². The highest BCUT2D eigenvalue weighted by molar-refractivity contribution is 6.30. The van der Waals surface area contributed by atoms with Crippen molar-refractivity contribution in [3.8, 4) is 0 Å². The van der Waals surface area contributed by atoms with Gasteiger partial charge in [0.05, 0.1) is 16.9 Å². The molecule has 0 spiro atoms. The summed E-state index contributed by atoms with van der Waals surface area (Å²) in [6, 6.07) is 12.5. The predicted molar refractivity (Wildman–Crippen MR) is 111 cm³/mol. The van der Waals surface area contributed by atoms with Crippen molar-refractivity contribution >= 4 is 28.4 Å². The lowest BCUT2D eigenvalue weighted by molar-refractivity contribution is 0.0925. The number of carbonyl (C=O) groups is 1. The molecule has 1 N–H and O–H groups in total. The number of amides is 1. The number of halogens is 1. The zero-order valence-corrected chi connectivity index (χ0v) is 16.7. The first-order valence-corrected chi connectivity index (χ1v) is 9.91. The smallest absolute Gasteiger partial charge is 0.261 e. The van der Waals surface area contributed by atoms with Gasteiger partial charge in [0, 0.05) is 23.6 Å². The topological polar surface area (TPSA) is 64.0 Å². The molecule has 3 aromatic rings. The van der Waals surface area contributed by atoms with Gasteiger partial charge in [0.15, 0.2) is 0 Å². The summed E-state index contributed by atoms with van der Waals surface area (Å²) in [6.07, 6.45) is 1.73. The van der Waals surface area contributed by atoms with Crippen molar-refractivity contribution in [2.45, 2.75) is 39.3 Å². The minimum Gasteiger partial charge on any atom is -0.345 e. The largest absolute Gasteiger partial charge is 0.345 e. The summed E-state index contributed by atoms with van der Waals surface area (Å²) < 4.78 is 1.73. The van der Waals surface area contributed by atoms with Gasteiger partial charge in [0.1, 0.15) is 5.82 Å². The molecule has 0 unspecified atom stereocenters. The van der Waals surface area contributed by atoms with Gasteiger partial charge in [0.25, 0.3) is 11.5 Å². The van der Waals surface area contributed by atoms with Gasteiger partial charge in [-0.15, -0.1) is 0 Å². The number of benzene rings is 2. The first-order chi connectivity index (χ1) is 13.4. The van der Waals surface area contributed by atoms with E-state index in [-0.39, 0.29) is 23.4 Å². The van der Waals surface area contributed by atoms with Crippen molar-refractivity contribution in [3.05, 3.63) is 74.8 Å². The summed E-state index contributed by atoms with van der Waals surface area (Å²) in [5.74, 6) is 0.825. The number of hydrogen-bond acceptors (Lipinski definition) is 3. The quantitative estimate of drug-likeness (QED) is 0.722. The number of aryl methyl sites for hydroxylation is 1. The maximum atomic E-state index is 12.9. The van der Waals surface area contributed by atoms with Crippen molar-refractivity contribution < 1.29 is 4.79 Å². The second kappa shape index (κ2) is 7.40. The van der Waals surface area contributed by atoms with Crippen LogP contribution in [0.3, 0.4) is 0 Å². The summed E-state index contributed by atoms with van der Waals surface area (Å²) in [7, 11) is 0. The van der Waals surface area contributed by atoms with Crippen molar-refractivity contribution in [1.29, 1.82) is 0 Å². The Morgan fingerprint density at radius 1 is 1.18 bits per heavy atom. The zero-order chi connectivity index (χ0) is 19.8. The average Bonchev–Trinajstić information content (AvgIpc) is 3.15. The second-order valence-corrected chi connectivity index (χ2v) is 8.00. The molecule has 1 aliphatic rings. The van der Waals surface area contributed by atoms with E-state index in [1.54, 1.807) is 22.8 Å². The Hall–Kier alpha value is -2.66. The van der Waals surface area contributed by atoms with Crippen LogP contribution in [0.2, 0.25) is 5.02 Å². The van der Waals surface area contributed by atoms with Gasteiger partial charge in [-0.25, -0.2) is 4.98 Å². The Morgan fingerprint density at radius 2 is 1.93 bits per heavy atom. The number of nitrogens with one attached hydrogen (secondary N) is 1. The van der Waals surface area contributed by atoms with E-state index < -0.39 is 0 Å². The second-order valence-electron chi connectivity index (χ2n) is 7.57. The van der Waals surface area contributed by atoms with Crippen LogP contribution in [0.1, 0.15) is 48.1 Å². The molecule has 4 rings (SSSR count). The summed E-state index contributed by atoms with van der Waals surface area (Å²) in [4.78, 5) is 30.1. The van der Waals surface area contributed by atoms with Gasteiger partial charge in [-0.05, 0) is 48.2 Å². The molecule has 1 amide bonds. The van der Waals surface area contributed by atoms with Crippen molar-refractivity contribution in [3.63, 3.8) is 0 Å². The molecule has 28 heavy (non-hydrogen) atoms. The van der Waals surface area contributed by atoms with Crippen LogP contribution in [0.5, 0.6) is 0 Å². The molecule has 1 atom stereocenters. The Labute approximate surface area is 168 Å². The number of aromatic nitrogens is 2. The van der Waals surface area contributed by atoms with Crippen molar-refractivity contribution in [2.24, 2.45) is 5.92 Å². The van der Waals surface area contributed by atoms with Gasteiger partial charge in [-0.3, -0.25) is 14.2 Å². The maximum absolute atomic E-state index is 12.9. The number of hydrogen-bond donors (Lipinski definition) is 1. The standard InChI is InChI=1S/C22H22ClN3O2/c1-13(2)20(14-5-8-16(23)9-6-14)25-21(27)15-7-10-17-18(12-15)24-19-4-3-11-26(19)22(17)28/h5-10,12-13,20H,3-4,11H2,1-2H3,(H,25,27)/t20-/m0/s1. The highest BCUT2D eigenvalue weighted by atomic mass is 35.5. The molecule has 0 fully saturated rings. The lowest BCUT2D eigenvalue weighted by Gasteiger charge is -2.23. The Kier molecular flexibility index (Phi) is 4.94. The van der Waals surface area contributed by atoms with Crippen LogP contribution in [-0.2, 0) is 13.0 Å². The molecule has 2 heterocycles. The van der Waals surface area contributed by atoms with E-state index >= 15 is 0 Å². The highest BCUT2D eigenvalue weighted by Crippen LogP contribution is 2.24. The Bertz CT molecular complexity index is 1100. The molecule has 0 saturated carbocycles. The van der Waals surface area contributed by atoms with E-state index in [4.69, 9.17) is 11.6 Å². The van der Waals surface area contributed by atoms with Gasteiger partial charge in [-0.2, -0.15) is 0 Å². The van der Waals surface area contributed by atoms with Gasteiger partial charge in [0.2, 0.25) is 0 Å². The van der Waals surface area contributed by atoms with Crippen LogP contribution in [0.15, 0.2) is 47.3 Å². The predicted octanol–water partition coefficient (Wildman–Crippen LogP) is 4.12. The van der Waals surface area contributed by atoms with E-state index in [2.05, 4.69) is 24.1 Å². The third-order valence-electron chi connectivity index (χ3n) is 5.26. The fourth-order valence-electron chi connectivity index (χ4n) is 3.75. The highest BCUT2D eigenvalue weighted by Gasteiger charge is 2.21. The fourth-order valence-corrected chi connectivity index (χ4v) is 3.88. The van der Waals surface area contributed by atoms with Crippen molar-refractivity contribution in [1.82, 2.24) is 14.9 Å². The minimum absolute atomic E-state index is 0.0225. The molecule has 0 bridgehead atoms. The third-order valence-corrected chi connectivity index (χ3v) is 5.51. The molecule has 144 valence electrons. The number of carbonyl (C=O) groups excluding carboxylic acids is 1. The SMILES string of the molecule is CC(C)[C@H](NC(=O)c1ccc2c(=O)n3c(nc2c1)CCC3)c1ccc(Cl)cc1. The van der Waals surface area contributed by atoms with Crippen LogP contribution in [-0.4, -0.2) is 15.5 Å². The lowest BCUT2D eigenvalue weighted by Crippen LogP contribution is -2.31. The summed E-state index contributed by atoms with van der Waals surface area (Å²) in [5, 5.41) is 4.33. The normalized spacial score (nSPS) is 14.3. The van der Waals surface area contributed by atoms with Crippen LogP contribution in [0.4, 0.5) is 0 Å². The average molecular weight is 396 g/mol. The summed E-state index contributed by atoms with van der Waals surface area (Å²) in [6.45, 7) is 4.84. The Balaban J connectivity index is 1.65. The summed E-state index contributed by atoms with van der Waals surface area (Å²) in [5.41, 5.74) is 2.06. The molecule has 2 aromatic carbocycles. The van der Waals surface area contributed by atoms with Gasteiger partial charge < -0.3 is 5.32 Å². The van der Waals surface area contributed by atoms with E-state index in [9.17, 15) is 9.59 Å². The van der Waals surface area contributed by atoms with Gasteiger partial charge >= 0.3 is 0 Å².